The molecule has 0 spiro atoms. The fraction of sp³-hybridized carbons (Fsp3) is 0.462. The molecule has 0 aliphatic rings. The van der Waals surface area contributed by atoms with Crippen LogP contribution in [-0.4, -0.2) is 32.1 Å². The van der Waals surface area contributed by atoms with E-state index < -0.39 is 5.54 Å². The van der Waals surface area contributed by atoms with E-state index in [0.29, 0.717) is 12.1 Å². The van der Waals surface area contributed by atoms with Crippen molar-refractivity contribution in [2.45, 2.75) is 19.4 Å². The van der Waals surface area contributed by atoms with E-state index in [1.165, 1.54) is 0 Å². The zero-order chi connectivity index (χ0) is 13.1. The molecule has 1 aromatic rings. The number of anilines is 1. The number of nitrogens with zero attached hydrogens (tertiary/aromatic N) is 1. The van der Waals surface area contributed by atoms with E-state index in [4.69, 9.17) is 5.73 Å². The molecule has 0 saturated carbocycles. The lowest BCUT2D eigenvalue weighted by molar-refractivity contribution is 0.0946. The summed E-state index contributed by atoms with van der Waals surface area (Å²) in [6.07, 6.45) is 0. The highest BCUT2D eigenvalue weighted by atomic mass is 35.5. The van der Waals surface area contributed by atoms with Crippen LogP contribution in [0, 0.1) is 0 Å². The number of halogens is 1. The van der Waals surface area contributed by atoms with E-state index in [2.05, 4.69) is 5.32 Å². The largest absolute Gasteiger partial charge is 0.378 e. The molecule has 0 fully saturated rings. The fourth-order valence-electron chi connectivity index (χ4n) is 1.34. The molecule has 0 radical (unpaired) electrons. The minimum atomic E-state index is -0.394. The van der Waals surface area contributed by atoms with Gasteiger partial charge in [-0.05, 0) is 32.0 Å². The van der Waals surface area contributed by atoms with E-state index in [9.17, 15) is 4.79 Å². The molecule has 0 saturated heterocycles. The number of nitrogens with two attached hydrogens (primary N) is 1. The Morgan fingerprint density at radius 3 is 2.50 bits per heavy atom. The highest BCUT2D eigenvalue weighted by Gasteiger charge is 2.13. The van der Waals surface area contributed by atoms with Crippen LogP contribution in [0.15, 0.2) is 24.3 Å². The lowest BCUT2D eigenvalue weighted by Crippen LogP contribution is -2.45. The van der Waals surface area contributed by atoms with Gasteiger partial charge in [0, 0.05) is 37.4 Å². The SMILES string of the molecule is CN(C)c1cccc(C(=O)NCC(C)(C)N)c1.Cl. The zero-order valence-corrected chi connectivity index (χ0v) is 12.2. The summed E-state index contributed by atoms with van der Waals surface area (Å²) in [5.74, 6) is -0.0905. The Labute approximate surface area is 115 Å². The summed E-state index contributed by atoms with van der Waals surface area (Å²) in [6, 6.07) is 7.49. The first-order valence-electron chi connectivity index (χ1n) is 5.64. The number of rotatable bonds is 4. The third kappa shape index (κ3) is 5.38. The summed E-state index contributed by atoms with van der Waals surface area (Å²) >= 11 is 0. The van der Waals surface area contributed by atoms with Gasteiger partial charge in [0.1, 0.15) is 0 Å². The van der Waals surface area contributed by atoms with Gasteiger partial charge in [0.25, 0.3) is 5.91 Å². The molecule has 0 atom stereocenters. The van der Waals surface area contributed by atoms with Gasteiger partial charge in [-0.1, -0.05) is 6.07 Å². The van der Waals surface area contributed by atoms with E-state index >= 15 is 0 Å². The highest BCUT2D eigenvalue weighted by molar-refractivity contribution is 5.95. The van der Waals surface area contributed by atoms with Crippen LogP contribution in [0.1, 0.15) is 24.2 Å². The van der Waals surface area contributed by atoms with E-state index in [1.807, 2.05) is 51.0 Å². The van der Waals surface area contributed by atoms with Crippen LogP contribution in [0.2, 0.25) is 0 Å². The Kier molecular flexibility index (Phi) is 6.15. The van der Waals surface area contributed by atoms with Crippen molar-refractivity contribution in [2.24, 2.45) is 5.73 Å². The molecule has 1 rings (SSSR count). The van der Waals surface area contributed by atoms with Crippen molar-refractivity contribution >= 4 is 24.0 Å². The van der Waals surface area contributed by atoms with Gasteiger partial charge in [-0.15, -0.1) is 12.4 Å². The van der Waals surface area contributed by atoms with E-state index in [1.54, 1.807) is 6.07 Å². The van der Waals surface area contributed by atoms with Gasteiger partial charge < -0.3 is 16.0 Å². The van der Waals surface area contributed by atoms with Crippen molar-refractivity contribution in [3.8, 4) is 0 Å². The van der Waals surface area contributed by atoms with Crippen molar-refractivity contribution in [1.29, 1.82) is 0 Å². The van der Waals surface area contributed by atoms with Crippen molar-refractivity contribution in [3.63, 3.8) is 0 Å². The predicted octanol–water partition coefficient (Wildman–Crippen LogP) is 1.64. The summed E-state index contributed by atoms with van der Waals surface area (Å²) < 4.78 is 0. The van der Waals surface area contributed by atoms with Gasteiger partial charge in [-0.25, -0.2) is 0 Å². The maximum Gasteiger partial charge on any atom is 0.251 e. The minimum absolute atomic E-state index is 0. The summed E-state index contributed by atoms with van der Waals surface area (Å²) in [5.41, 5.74) is 7.08. The number of amides is 1. The van der Waals surface area contributed by atoms with Gasteiger partial charge >= 0.3 is 0 Å². The molecular weight excluding hydrogens is 250 g/mol. The maximum absolute atomic E-state index is 11.9. The molecule has 5 heteroatoms. The average molecular weight is 272 g/mol. The Morgan fingerprint density at radius 2 is 2.00 bits per heavy atom. The van der Waals surface area contributed by atoms with Gasteiger partial charge in [-0.3, -0.25) is 4.79 Å². The van der Waals surface area contributed by atoms with Gasteiger partial charge in [-0.2, -0.15) is 0 Å². The molecule has 0 bridgehead atoms. The zero-order valence-electron chi connectivity index (χ0n) is 11.4. The van der Waals surface area contributed by atoms with Crippen LogP contribution < -0.4 is 16.0 Å². The summed E-state index contributed by atoms with van der Waals surface area (Å²) in [5, 5.41) is 2.82. The number of hydrogen-bond acceptors (Lipinski definition) is 3. The third-order valence-corrected chi connectivity index (χ3v) is 2.33. The van der Waals surface area contributed by atoms with Crippen LogP contribution in [0.3, 0.4) is 0 Å². The second kappa shape index (κ2) is 6.61. The van der Waals surface area contributed by atoms with Gasteiger partial charge in [0.2, 0.25) is 0 Å². The molecule has 0 aliphatic carbocycles. The highest BCUT2D eigenvalue weighted by Crippen LogP contribution is 2.13. The van der Waals surface area contributed by atoms with Crippen molar-refractivity contribution in [3.05, 3.63) is 29.8 Å². The first-order chi connectivity index (χ1) is 7.79. The third-order valence-electron chi connectivity index (χ3n) is 2.33. The molecule has 4 nitrogen and oxygen atoms in total. The van der Waals surface area contributed by atoms with E-state index in [0.717, 1.165) is 5.69 Å². The van der Waals surface area contributed by atoms with Crippen LogP contribution in [-0.2, 0) is 0 Å². The molecule has 102 valence electrons. The molecule has 18 heavy (non-hydrogen) atoms. The van der Waals surface area contributed by atoms with Crippen LogP contribution in [0.4, 0.5) is 5.69 Å². The van der Waals surface area contributed by atoms with E-state index in [-0.39, 0.29) is 18.3 Å². The van der Waals surface area contributed by atoms with Gasteiger partial charge in [0.05, 0.1) is 0 Å². The number of carbonyl (C=O) groups is 1. The average Bonchev–Trinajstić information content (AvgIpc) is 2.25. The Hall–Kier alpha value is -1.26. The Bertz CT molecular complexity index is 399. The lowest BCUT2D eigenvalue weighted by Gasteiger charge is -2.19. The molecule has 1 amide bonds. The summed E-state index contributed by atoms with van der Waals surface area (Å²) in [6.45, 7) is 4.21. The standard InChI is InChI=1S/C13H21N3O.ClH/c1-13(2,14)9-15-12(17)10-6-5-7-11(8-10)16(3)4;/h5-8H,9,14H2,1-4H3,(H,15,17);1H. The van der Waals surface area contributed by atoms with Crippen molar-refractivity contribution in [2.75, 3.05) is 25.5 Å². The van der Waals surface area contributed by atoms with Crippen molar-refractivity contribution in [1.82, 2.24) is 5.32 Å². The minimum Gasteiger partial charge on any atom is -0.378 e. The first-order valence-corrected chi connectivity index (χ1v) is 5.64. The molecule has 1 aromatic carbocycles. The second-order valence-electron chi connectivity index (χ2n) is 5.12. The first kappa shape index (κ1) is 16.7. The molecule has 3 N–H and O–H groups in total. The summed E-state index contributed by atoms with van der Waals surface area (Å²) in [7, 11) is 3.89. The van der Waals surface area contributed by atoms with Crippen LogP contribution in [0.5, 0.6) is 0 Å². The molecular formula is C13H22ClN3O. The molecule has 0 aliphatic heterocycles. The van der Waals surface area contributed by atoms with Gasteiger partial charge in [0.15, 0.2) is 0 Å². The fourth-order valence-corrected chi connectivity index (χ4v) is 1.34. The molecule has 0 unspecified atom stereocenters. The summed E-state index contributed by atoms with van der Waals surface area (Å²) in [4.78, 5) is 13.8. The normalized spacial score (nSPS) is 10.5. The predicted molar refractivity (Wildman–Crippen MR) is 78.6 cm³/mol. The smallest absolute Gasteiger partial charge is 0.251 e. The number of carbonyl (C=O) groups excluding carboxylic acids is 1. The second-order valence-corrected chi connectivity index (χ2v) is 5.12. The quantitative estimate of drug-likeness (QED) is 0.875. The molecule has 0 aromatic heterocycles. The van der Waals surface area contributed by atoms with Crippen LogP contribution in [0.25, 0.3) is 0 Å². The number of nitrogens with one attached hydrogen (secondary N) is 1. The monoisotopic (exact) mass is 271 g/mol. The topological polar surface area (TPSA) is 58.4 Å². The number of benzene rings is 1. The Balaban J connectivity index is 0.00000289. The maximum atomic E-state index is 11.9. The van der Waals surface area contributed by atoms with Crippen LogP contribution >= 0.6 is 12.4 Å². The lowest BCUT2D eigenvalue weighted by atomic mass is 10.1. The Morgan fingerprint density at radius 1 is 1.39 bits per heavy atom. The molecule has 0 heterocycles. The van der Waals surface area contributed by atoms with Crippen molar-refractivity contribution < 1.29 is 4.79 Å². The number of hydrogen-bond donors (Lipinski definition) is 2.